The number of ether oxygens (including phenoxy) is 4. The molecule has 2 aliphatic heterocycles. The third-order valence-corrected chi connectivity index (χ3v) is 8.55. The van der Waals surface area contributed by atoms with Gasteiger partial charge in [0.05, 0.1) is 43.2 Å². The molecule has 0 N–H and O–H groups in total. The lowest BCUT2D eigenvalue weighted by Gasteiger charge is -2.32. The SMILES string of the molecule is COC(=O)c1ccc(Oc2ccc(B3OC(C)(C)C(C)(C)O3)c(C=O)c2)c(F)c1.COC(=O)c1ccc(Oc2ccc3c(c2)COB3)c(F)c1. The first-order chi connectivity index (χ1) is 23.7. The van der Waals surface area contributed by atoms with E-state index in [-0.39, 0.29) is 28.4 Å². The first kappa shape index (κ1) is 36.2. The average Bonchev–Trinajstić information content (AvgIpc) is 3.65. The van der Waals surface area contributed by atoms with Crippen LogP contribution in [0.5, 0.6) is 23.0 Å². The van der Waals surface area contributed by atoms with Crippen LogP contribution in [0.4, 0.5) is 8.78 Å². The van der Waals surface area contributed by atoms with Crippen molar-refractivity contribution in [1.82, 2.24) is 0 Å². The Morgan fingerprint density at radius 3 is 1.78 bits per heavy atom. The third kappa shape index (κ3) is 7.88. The van der Waals surface area contributed by atoms with Crippen LogP contribution in [0.3, 0.4) is 0 Å². The highest BCUT2D eigenvalue weighted by Crippen LogP contribution is 2.37. The maximum atomic E-state index is 14.3. The van der Waals surface area contributed by atoms with Gasteiger partial charge >= 0.3 is 26.5 Å². The summed E-state index contributed by atoms with van der Waals surface area (Å²) >= 11 is 0. The maximum Gasteiger partial charge on any atom is 0.495 e. The molecule has 10 nitrogen and oxygen atoms in total. The summed E-state index contributed by atoms with van der Waals surface area (Å²) in [7, 11) is 2.35. The minimum absolute atomic E-state index is 0.0570. The largest absolute Gasteiger partial charge is 0.495 e. The zero-order valence-corrected chi connectivity index (χ0v) is 28.3. The Morgan fingerprint density at radius 2 is 1.28 bits per heavy atom. The molecule has 0 bridgehead atoms. The van der Waals surface area contributed by atoms with Crippen molar-refractivity contribution in [3.8, 4) is 23.0 Å². The van der Waals surface area contributed by atoms with Crippen molar-refractivity contribution in [2.75, 3.05) is 14.2 Å². The molecule has 1 saturated heterocycles. The zero-order chi connectivity index (χ0) is 36.2. The van der Waals surface area contributed by atoms with Crippen molar-refractivity contribution >= 4 is 43.8 Å². The van der Waals surface area contributed by atoms with Crippen molar-refractivity contribution in [2.45, 2.75) is 45.5 Å². The maximum absolute atomic E-state index is 14.3. The summed E-state index contributed by atoms with van der Waals surface area (Å²) in [6, 6.07) is 17.9. The van der Waals surface area contributed by atoms with Gasteiger partial charge < -0.3 is 32.9 Å². The highest BCUT2D eigenvalue weighted by Gasteiger charge is 2.52. The first-order valence-corrected chi connectivity index (χ1v) is 15.5. The molecule has 1 fully saturated rings. The molecule has 258 valence electrons. The Bertz CT molecular complexity index is 1920. The summed E-state index contributed by atoms with van der Waals surface area (Å²) in [5.41, 5.74) is 2.16. The van der Waals surface area contributed by atoms with E-state index in [1.165, 1.54) is 44.6 Å². The van der Waals surface area contributed by atoms with Gasteiger partial charge in [0.1, 0.15) is 17.8 Å². The molecule has 0 aliphatic carbocycles. The zero-order valence-electron chi connectivity index (χ0n) is 28.3. The molecule has 14 heteroatoms. The van der Waals surface area contributed by atoms with E-state index in [2.05, 4.69) is 9.47 Å². The molecule has 0 spiro atoms. The normalized spacial score (nSPS) is 15.2. The van der Waals surface area contributed by atoms with Crippen LogP contribution in [-0.4, -0.2) is 58.2 Å². The van der Waals surface area contributed by atoms with E-state index in [0.29, 0.717) is 37.2 Å². The summed E-state index contributed by atoms with van der Waals surface area (Å²) in [6.45, 7) is 8.23. The summed E-state index contributed by atoms with van der Waals surface area (Å²) in [4.78, 5) is 34.4. The number of esters is 2. The molecule has 0 radical (unpaired) electrons. The number of fused-ring (bicyclic) bond motifs is 1. The number of benzene rings is 4. The van der Waals surface area contributed by atoms with Gasteiger partial charge in [-0.3, -0.25) is 4.79 Å². The summed E-state index contributed by atoms with van der Waals surface area (Å²) in [6.07, 6.45) is 0.671. The number of carbonyl (C=O) groups excluding carboxylic acids is 3. The fraction of sp³-hybridized carbons (Fsp3) is 0.250. The molecule has 2 aliphatic rings. The van der Waals surface area contributed by atoms with E-state index in [1.807, 2.05) is 39.8 Å². The molecule has 0 atom stereocenters. The standard InChI is InChI=1S/C21H22BFO6.C15H12BFO4/c1-20(2)21(3,4)29-22(28-20)16-8-7-15(10-14(16)12-24)27-18-9-6-13(11-17(18)23)19(25)26-5;1-19-15(18)9-2-5-14(13(17)7-9)21-11-3-4-12-10(6-11)8-20-16-12/h6-12H,1-5H3;2-7,16H,8H2,1H3. The monoisotopic (exact) mass is 686 g/mol. The number of hydrogen-bond donors (Lipinski definition) is 0. The Labute approximate surface area is 289 Å². The van der Waals surface area contributed by atoms with Gasteiger partial charge in [-0.15, -0.1) is 0 Å². The topological polar surface area (TPSA) is 116 Å². The Kier molecular flexibility index (Phi) is 10.8. The van der Waals surface area contributed by atoms with Crippen molar-refractivity contribution in [2.24, 2.45) is 0 Å². The van der Waals surface area contributed by atoms with Crippen molar-refractivity contribution in [1.29, 1.82) is 0 Å². The lowest BCUT2D eigenvalue weighted by molar-refractivity contribution is 0.00578. The molecule has 6 rings (SSSR count). The van der Waals surface area contributed by atoms with Gasteiger partial charge in [0.25, 0.3) is 0 Å². The second kappa shape index (κ2) is 14.8. The number of rotatable bonds is 8. The van der Waals surface area contributed by atoms with Crippen LogP contribution in [0.1, 0.15) is 64.3 Å². The van der Waals surface area contributed by atoms with Crippen LogP contribution in [0.15, 0.2) is 72.8 Å². The molecule has 4 aromatic carbocycles. The molecular formula is C36H34B2F2O10. The molecule has 0 unspecified atom stereocenters. The molecule has 0 amide bonds. The van der Waals surface area contributed by atoms with Gasteiger partial charge in [0, 0.05) is 5.56 Å². The minimum atomic E-state index is -0.726. The number of halogens is 2. The van der Waals surface area contributed by atoms with Crippen LogP contribution in [0.2, 0.25) is 0 Å². The molecule has 2 heterocycles. The first-order valence-electron chi connectivity index (χ1n) is 15.5. The lowest BCUT2D eigenvalue weighted by Crippen LogP contribution is -2.41. The van der Waals surface area contributed by atoms with Crippen LogP contribution in [0, 0.1) is 11.6 Å². The Morgan fingerprint density at radius 1 is 0.760 bits per heavy atom. The third-order valence-electron chi connectivity index (χ3n) is 8.55. The summed E-state index contributed by atoms with van der Waals surface area (Å²) in [5, 5.41) is 0. The van der Waals surface area contributed by atoms with Crippen molar-refractivity contribution < 1.29 is 56.1 Å². The number of aldehydes is 1. The van der Waals surface area contributed by atoms with Gasteiger partial charge in [-0.05, 0) is 105 Å². The predicted octanol–water partition coefficient (Wildman–Crippen LogP) is 5.43. The average molecular weight is 686 g/mol. The van der Waals surface area contributed by atoms with Gasteiger partial charge in [-0.2, -0.15) is 0 Å². The van der Waals surface area contributed by atoms with Gasteiger partial charge in [-0.1, -0.05) is 12.1 Å². The van der Waals surface area contributed by atoms with E-state index in [1.54, 1.807) is 18.2 Å². The number of methoxy groups -OCH3 is 2. The molecule has 4 aromatic rings. The quantitative estimate of drug-likeness (QED) is 0.135. The lowest BCUT2D eigenvalue weighted by atomic mass is 9.76. The number of carbonyl (C=O) groups is 3. The van der Waals surface area contributed by atoms with Gasteiger partial charge in [0.2, 0.25) is 0 Å². The second-order valence-corrected chi connectivity index (χ2v) is 12.4. The van der Waals surface area contributed by atoms with E-state index in [0.717, 1.165) is 23.2 Å². The molecule has 0 aromatic heterocycles. The number of hydrogen-bond acceptors (Lipinski definition) is 10. The Balaban J connectivity index is 0.000000204. The Hall–Kier alpha value is -5.04. The van der Waals surface area contributed by atoms with Gasteiger partial charge in [0.15, 0.2) is 23.1 Å². The van der Waals surface area contributed by atoms with E-state index >= 15 is 0 Å². The van der Waals surface area contributed by atoms with E-state index < -0.39 is 41.9 Å². The van der Waals surface area contributed by atoms with Gasteiger partial charge in [-0.25, -0.2) is 18.4 Å². The van der Waals surface area contributed by atoms with Crippen LogP contribution < -0.4 is 20.4 Å². The van der Waals surface area contributed by atoms with E-state index in [4.69, 9.17) is 23.4 Å². The molecule has 0 saturated carbocycles. The summed E-state index contributed by atoms with van der Waals surface area (Å²) in [5.74, 6) is -1.81. The highest BCUT2D eigenvalue weighted by atomic mass is 19.1. The fourth-order valence-corrected chi connectivity index (χ4v) is 5.03. The smallest absolute Gasteiger partial charge is 0.465 e. The highest BCUT2D eigenvalue weighted by molar-refractivity contribution is 6.63. The molecule has 50 heavy (non-hydrogen) atoms. The van der Waals surface area contributed by atoms with Crippen molar-refractivity contribution in [3.05, 3.63) is 107 Å². The predicted molar refractivity (Wildman–Crippen MR) is 181 cm³/mol. The van der Waals surface area contributed by atoms with Crippen LogP contribution >= 0.6 is 0 Å². The fourth-order valence-electron chi connectivity index (χ4n) is 5.03. The summed E-state index contributed by atoms with van der Waals surface area (Å²) < 4.78 is 65.7. The van der Waals surface area contributed by atoms with Crippen LogP contribution in [-0.2, 0) is 30.0 Å². The van der Waals surface area contributed by atoms with Crippen LogP contribution in [0.25, 0.3) is 0 Å². The second-order valence-electron chi connectivity index (χ2n) is 12.4. The van der Waals surface area contributed by atoms with E-state index in [9.17, 15) is 23.2 Å². The van der Waals surface area contributed by atoms with Crippen molar-refractivity contribution in [3.63, 3.8) is 0 Å². The molecular weight excluding hydrogens is 652 g/mol. The minimum Gasteiger partial charge on any atom is -0.465 e.